The maximum Gasteiger partial charge on any atom is 0.407 e. The highest BCUT2D eigenvalue weighted by Crippen LogP contribution is 2.39. The second kappa shape index (κ2) is 12.4. The number of aromatic nitrogens is 4. The van der Waals surface area contributed by atoms with Gasteiger partial charge in [-0.25, -0.2) is 19.0 Å². The minimum atomic E-state index is -1.05. The summed E-state index contributed by atoms with van der Waals surface area (Å²) in [4.78, 5) is 29.3. The van der Waals surface area contributed by atoms with Gasteiger partial charge in [0.2, 0.25) is 0 Å². The lowest BCUT2D eigenvalue weighted by Gasteiger charge is -2.19. The first-order valence-electron chi connectivity index (χ1n) is 13.9. The van der Waals surface area contributed by atoms with Gasteiger partial charge >= 0.3 is 12.1 Å². The number of ether oxygens (including phenoxy) is 3. The molecule has 1 aliphatic heterocycles. The molecule has 1 amide bonds. The number of carbonyl (C=O) groups is 2. The number of fused-ring (bicyclic) bond motifs is 2. The summed E-state index contributed by atoms with van der Waals surface area (Å²) in [6.45, 7) is 7.97. The molecule has 0 saturated carbocycles. The molecular formula is C30H32Cl2FN5O5. The molecule has 1 N–H and O–H groups in total. The number of benzene rings is 2. The molecule has 228 valence electrons. The molecule has 13 heteroatoms. The molecule has 0 unspecified atom stereocenters. The van der Waals surface area contributed by atoms with Gasteiger partial charge < -0.3 is 24.1 Å². The average molecular weight is 633 g/mol. The Labute approximate surface area is 258 Å². The largest absolute Gasteiger partial charge is 0.492 e. The third kappa shape index (κ3) is 6.73. The fraction of sp³-hybridized carbons (Fsp3) is 0.400. The summed E-state index contributed by atoms with van der Waals surface area (Å²) in [6.07, 6.45) is 1.76. The van der Waals surface area contributed by atoms with Gasteiger partial charge in [0.25, 0.3) is 0 Å². The number of hydrogen-bond acceptors (Lipinski definition) is 7. The van der Waals surface area contributed by atoms with E-state index >= 15 is 0 Å². The number of imidazole rings is 1. The van der Waals surface area contributed by atoms with E-state index in [4.69, 9.17) is 37.4 Å². The van der Waals surface area contributed by atoms with Gasteiger partial charge in [0, 0.05) is 29.3 Å². The van der Waals surface area contributed by atoms with Gasteiger partial charge in [-0.2, -0.15) is 5.10 Å². The van der Waals surface area contributed by atoms with Crippen molar-refractivity contribution >= 4 is 46.2 Å². The molecule has 0 spiro atoms. The van der Waals surface area contributed by atoms with Crippen LogP contribution >= 0.6 is 23.2 Å². The van der Waals surface area contributed by atoms with Crippen LogP contribution in [0, 0.1) is 0 Å². The van der Waals surface area contributed by atoms with Crippen LogP contribution in [0.3, 0.4) is 0 Å². The van der Waals surface area contributed by atoms with Crippen molar-refractivity contribution in [2.24, 2.45) is 0 Å². The molecule has 0 saturated heterocycles. The van der Waals surface area contributed by atoms with Crippen LogP contribution in [-0.2, 0) is 27.2 Å². The predicted octanol–water partition coefficient (Wildman–Crippen LogP) is 6.16. The molecular weight excluding hydrogens is 600 g/mol. The van der Waals surface area contributed by atoms with Crippen LogP contribution in [-0.4, -0.2) is 62.9 Å². The Bertz CT molecular complexity index is 1650. The Kier molecular flexibility index (Phi) is 8.84. The molecule has 10 nitrogen and oxygen atoms in total. The predicted molar refractivity (Wildman–Crippen MR) is 161 cm³/mol. The van der Waals surface area contributed by atoms with E-state index in [1.807, 2.05) is 12.1 Å². The number of esters is 1. The average Bonchev–Trinajstić information content (AvgIpc) is 3.64. The van der Waals surface area contributed by atoms with Gasteiger partial charge in [0.1, 0.15) is 29.6 Å². The summed E-state index contributed by atoms with van der Waals surface area (Å²) in [5, 5.41) is 8.57. The van der Waals surface area contributed by atoms with Gasteiger partial charge in [-0.3, -0.25) is 4.68 Å². The van der Waals surface area contributed by atoms with Crippen LogP contribution in [0.5, 0.6) is 5.75 Å². The number of halogens is 3. The second-order valence-corrected chi connectivity index (χ2v) is 11.9. The minimum absolute atomic E-state index is 0.150. The molecule has 0 aliphatic carbocycles. The molecule has 5 rings (SSSR count). The van der Waals surface area contributed by atoms with Crippen molar-refractivity contribution < 1.29 is 28.2 Å². The van der Waals surface area contributed by atoms with E-state index in [0.29, 0.717) is 43.6 Å². The quantitative estimate of drug-likeness (QED) is 0.174. The molecule has 2 aromatic carbocycles. The number of nitrogens with one attached hydrogen (secondary N) is 1. The van der Waals surface area contributed by atoms with Crippen molar-refractivity contribution in [3.8, 4) is 16.9 Å². The van der Waals surface area contributed by atoms with Crippen LogP contribution in [0.1, 0.15) is 45.1 Å². The summed E-state index contributed by atoms with van der Waals surface area (Å²) < 4.78 is 33.6. The molecule has 0 fully saturated rings. The van der Waals surface area contributed by atoms with Crippen molar-refractivity contribution in [2.75, 3.05) is 19.8 Å². The van der Waals surface area contributed by atoms with E-state index in [9.17, 15) is 14.0 Å². The SMILES string of the molecule is CCOC(=O)[C@@H](c1ncn2c1C[C@@H](F)C2)n1cc2c(Cl)cc(-c3ccc(OCCNC(=O)OC(C)(C)C)cc3)c(Cl)c2n1. The minimum Gasteiger partial charge on any atom is -0.492 e. The number of rotatable bonds is 9. The van der Waals surface area contributed by atoms with Gasteiger partial charge in [0.05, 0.1) is 41.8 Å². The highest BCUT2D eigenvalue weighted by atomic mass is 35.5. The molecule has 43 heavy (non-hydrogen) atoms. The van der Waals surface area contributed by atoms with Gasteiger partial charge in [-0.15, -0.1) is 0 Å². The lowest BCUT2D eigenvalue weighted by molar-refractivity contribution is -0.146. The Balaban J connectivity index is 1.37. The van der Waals surface area contributed by atoms with Crippen molar-refractivity contribution in [1.29, 1.82) is 0 Å². The first-order valence-corrected chi connectivity index (χ1v) is 14.6. The highest BCUT2D eigenvalue weighted by molar-refractivity contribution is 6.42. The fourth-order valence-corrected chi connectivity index (χ4v) is 5.47. The third-order valence-corrected chi connectivity index (χ3v) is 7.43. The fourth-order valence-electron chi connectivity index (χ4n) is 4.92. The lowest BCUT2D eigenvalue weighted by atomic mass is 10.0. The third-order valence-electron chi connectivity index (χ3n) is 6.73. The Hall–Kier alpha value is -3.83. The van der Waals surface area contributed by atoms with Crippen LogP contribution in [0.25, 0.3) is 22.0 Å². The first kappa shape index (κ1) is 30.6. The van der Waals surface area contributed by atoms with Crippen molar-refractivity contribution in [3.05, 3.63) is 64.3 Å². The zero-order chi connectivity index (χ0) is 30.9. The number of amides is 1. The maximum absolute atomic E-state index is 14.2. The highest BCUT2D eigenvalue weighted by Gasteiger charge is 2.35. The van der Waals surface area contributed by atoms with Gasteiger partial charge in [-0.1, -0.05) is 35.3 Å². The second-order valence-electron chi connectivity index (χ2n) is 11.1. The van der Waals surface area contributed by atoms with Crippen LogP contribution in [0.15, 0.2) is 42.9 Å². The number of hydrogen-bond donors (Lipinski definition) is 1. The molecule has 1 aliphatic rings. The van der Waals surface area contributed by atoms with Gasteiger partial charge in [0.15, 0.2) is 6.04 Å². The topological polar surface area (TPSA) is 110 Å². The number of alkyl halides is 1. The lowest BCUT2D eigenvalue weighted by Crippen LogP contribution is -2.34. The van der Waals surface area contributed by atoms with E-state index < -0.39 is 29.9 Å². The van der Waals surface area contributed by atoms with E-state index in [1.54, 1.807) is 56.7 Å². The van der Waals surface area contributed by atoms with Gasteiger partial charge in [-0.05, 0) is 51.5 Å². The van der Waals surface area contributed by atoms with Crippen molar-refractivity contribution in [2.45, 2.75) is 58.5 Å². The van der Waals surface area contributed by atoms with Crippen molar-refractivity contribution in [3.63, 3.8) is 0 Å². The molecule has 3 heterocycles. The Morgan fingerprint density at radius 2 is 1.95 bits per heavy atom. The van der Waals surface area contributed by atoms with Crippen LogP contribution in [0.4, 0.5) is 9.18 Å². The van der Waals surface area contributed by atoms with Crippen LogP contribution in [0.2, 0.25) is 10.0 Å². The summed E-state index contributed by atoms with van der Waals surface area (Å²) in [5.74, 6) is 0.0335. The normalized spacial score (nSPS) is 15.3. The Morgan fingerprint density at radius 3 is 2.65 bits per heavy atom. The Morgan fingerprint density at radius 1 is 1.21 bits per heavy atom. The zero-order valence-corrected chi connectivity index (χ0v) is 25.7. The molecule has 0 bridgehead atoms. The number of alkyl carbamates (subject to hydrolysis) is 1. The van der Waals surface area contributed by atoms with E-state index in [2.05, 4.69) is 15.4 Å². The maximum atomic E-state index is 14.2. The summed E-state index contributed by atoms with van der Waals surface area (Å²) in [7, 11) is 0. The molecule has 2 atom stereocenters. The molecule has 0 radical (unpaired) electrons. The zero-order valence-electron chi connectivity index (χ0n) is 24.2. The summed E-state index contributed by atoms with van der Waals surface area (Å²) in [6, 6.07) is 7.93. The van der Waals surface area contributed by atoms with Crippen molar-refractivity contribution in [1.82, 2.24) is 24.6 Å². The monoisotopic (exact) mass is 631 g/mol. The van der Waals surface area contributed by atoms with E-state index in [0.717, 1.165) is 5.56 Å². The summed E-state index contributed by atoms with van der Waals surface area (Å²) >= 11 is 13.6. The smallest absolute Gasteiger partial charge is 0.407 e. The first-order chi connectivity index (χ1) is 20.4. The molecule has 2 aromatic heterocycles. The number of nitrogens with zero attached hydrogens (tertiary/aromatic N) is 4. The van der Waals surface area contributed by atoms with E-state index in [1.165, 1.54) is 11.0 Å². The number of carbonyl (C=O) groups excluding carboxylic acids is 2. The standard InChI is InChI=1S/C30H32Cl2FN5O5/c1-5-41-28(39)27(26-23-12-18(33)14-37(23)16-35-26)38-15-21-22(31)13-20(24(32)25(21)36-38)17-6-8-19(9-7-17)42-11-10-34-29(40)43-30(2,3)4/h6-9,13,15-16,18,27H,5,10-12,14H2,1-4H3,(H,34,40)/t18-,27-/m1/s1. The molecule has 4 aromatic rings. The van der Waals surface area contributed by atoms with Crippen LogP contribution < -0.4 is 10.1 Å². The van der Waals surface area contributed by atoms with E-state index in [-0.39, 0.29) is 32.7 Å². The summed E-state index contributed by atoms with van der Waals surface area (Å²) in [5.41, 5.74) is 2.24.